The Bertz CT molecular complexity index is 542. The summed E-state index contributed by atoms with van der Waals surface area (Å²) in [5.74, 6) is 0.733. The van der Waals surface area contributed by atoms with Gasteiger partial charge in [0, 0.05) is 38.0 Å². The molecule has 0 radical (unpaired) electrons. The standard InChI is InChI=1S/C17H23N3O2/c1-12(21)19-16(15-6-2-3-9-18-15)14-5-4-10-20(11-14)17(22)13-7-8-13/h2-3,6,9,13-14,16H,4-5,7-8,10-11H2,1H3,(H,19,21). The number of hydrogen-bond acceptors (Lipinski definition) is 3. The topological polar surface area (TPSA) is 62.3 Å². The Morgan fingerprint density at radius 2 is 2.14 bits per heavy atom. The Hall–Kier alpha value is -1.91. The van der Waals surface area contributed by atoms with Crippen LogP contribution in [0.5, 0.6) is 0 Å². The number of hydrogen-bond donors (Lipinski definition) is 1. The van der Waals surface area contributed by atoms with Gasteiger partial charge >= 0.3 is 0 Å². The highest BCUT2D eigenvalue weighted by atomic mass is 16.2. The van der Waals surface area contributed by atoms with Gasteiger partial charge in [0.05, 0.1) is 11.7 Å². The first-order valence-electron chi connectivity index (χ1n) is 8.12. The molecule has 1 aliphatic heterocycles. The smallest absolute Gasteiger partial charge is 0.225 e. The van der Waals surface area contributed by atoms with Gasteiger partial charge in [-0.15, -0.1) is 0 Å². The molecule has 0 aromatic carbocycles. The van der Waals surface area contributed by atoms with Gasteiger partial charge in [0.15, 0.2) is 0 Å². The number of carbonyl (C=O) groups is 2. The number of pyridine rings is 1. The first-order chi connectivity index (χ1) is 10.6. The van der Waals surface area contributed by atoms with Crippen LogP contribution in [-0.4, -0.2) is 34.8 Å². The Morgan fingerprint density at radius 3 is 2.77 bits per heavy atom. The second-order valence-corrected chi connectivity index (χ2v) is 6.39. The molecule has 1 saturated carbocycles. The second-order valence-electron chi connectivity index (χ2n) is 6.39. The summed E-state index contributed by atoms with van der Waals surface area (Å²) in [6, 6.07) is 5.64. The summed E-state index contributed by atoms with van der Waals surface area (Å²) in [6.07, 6.45) is 5.83. The highest BCUT2D eigenvalue weighted by Gasteiger charge is 2.37. The van der Waals surface area contributed by atoms with E-state index in [-0.39, 0.29) is 23.8 Å². The molecule has 1 aliphatic carbocycles. The molecule has 2 amide bonds. The second kappa shape index (κ2) is 6.46. The van der Waals surface area contributed by atoms with Crippen LogP contribution in [0, 0.1) is 11.8 Å². The molecule has 0 bridgehead atoms. The van der Waals surface area contributed by atoms with Crippen LogP contribution >= 0.6 is 0 Å². The van der Waals surface area contributed by atoms with Crippen LogP contribution in [-0.2, 0) is 9.59 Å². The van der Waals surface area contributed by atoms with Gasteiger partial charge in [-0.2, -0.15) is 0 Å². The Kier molecular flexibility index (Phi) is 4.41. The van der Waals surface area contributed by atoms with Crippen molar-refractivity contribution in [2.45, 2.75) is 38.6 Å². The number of likely N-dealkylation sites (tertiary alicyclic amines) is 1. The number of piperidine rings is 1. The van der Waals surface area contributed by atoms with E-state index in [1.807, 2.05) is 23.1 Å². The van der Waals surface area contributed by atoms with Gasteiger partial charge in [-0.1, -0.05) is 6.07 Å². The maximum atomic E-state index is 12.3. The van der Waals surface area contributed by atoms with Gasteiger partial charge in [-0.3, -0.25) is 14.6 Å². The summed E-state index contributed by atoms with van der Waals surface area (Å²) in [4.78, 5) is 30.3. The maximum Gasteiger partial charge on any atom is 0.225 e. The monoisotopic (exact) mass is 301 g/mol. The van der Waals surface area contributed by atoms with Crippen LogP contribution in [0.2, 0.25) is 0 Å². The fourth-order valence-electron chi connectivity index (χ4n) is 3.28. The lowest BCUT2D eigenvalue weighted by Gasteiger charge is -2.37. The van der Waals surface area contributed by atoms with Gasteiger partial charge in [-0.05, 0) is 37.8 Å². The van der Waals surface area contributed by atoms with Crippen molar-refractivity contribution in [1.29, 1.82) is 0 Å². The molecular formula is C17H23N3O2. The molecule has 3 rings (SSSR count). The number of aromatic nitrogens is 1. The highest BCUT2D eigenvalue weighted by Crippen LogP contribution is 2.34. The molecule has 1 aromatic rings. The molecule has 22 heavy (non-hydrogen) atoms. The summed E-state index contributed by atoms with van der Waals surface area (Å²) in [7, 11) is 0. The van der Waals surface area contributed by atoms with Crippen molar-refractivity contribution in [2.75, 3.05) is 13.1 Å². The van der Waals surface area contributed by atoms with Gasteiger partial charge in [0.25, 0.3) is 0 Å². The number of carbonyl (C=O) groups excluding carboxylic acids is 2. The minimum atomic E-state index is -0.117. The lowest BCUT2D eigenvalue weighted by atomic mass is 9.88. The normalized spacial score (nSPS) is 23.0. The third-order valence-corrected chi connectivity index (χ3v) is 4.53. The van der Waals surface area contributed by atoms with E-state index in [1.165, 1.54) is 6.92 Å². The fourth-order valence-corrected chi connectivity index (χ4v) is 3.28. The molecule has 1 saturated heterocycles. The van der Waals surface area contributed by atoms with Gasteiger partial charge in [-0.25, -0.2) is 0 Å². The number of rotatable bonds is 4. The maximum absolute atomic E-state index is 12.3. The largest absolute Gasteiger partial charge is 0.348 e. The van der Waals surface area contributed by atoms with Crippen LogP contribution in [0.1, 0.15) is 44.3 Å². The quantitative estimate of drug-likeness (QED) is 0.924. The Labute approximate surface area is 131 Å². The summed E-state index contributed by atoms with van der Waals surface area (Å²) < 4.78 is 0. The summed E-state index contributed by atoms with van der Waals surface area (Å²) in [5.41, 5.74) is 0.878. The zero-order chi connectivity index (χ0) is 15.5. The van der Waals surface area contributed by atoms with Crippen molar-refractivity contribution in [3.63, 3.8) is 0 Å². The van der Waals surface area contributed by atoms with Crippen LogP contribution in [0.15, 0.2) is 24.4 Å². The molecule has 5 nitrogen and oxygen atoms in total. The van der Waals surface area contributed by atoms with E-state index in [0.717, 1.165) is 44.5 Å². The number of amides is 2. The number of nitrogens with one attached hydrogen (secondary N) is 1. The molecular weight excluding hydrogens is 278 g/mol. The first-order valence-corrected chi connectivity index (χ1v) is 8.12. The Morgan fingerprint density at radius 1 is 1.32 bits per heavy atom. The molecule has 0 spiro atoms. The lowest BCUT2D eigenvalue weighted by molar-refractivity contribution is -0.134. The SMILES string of the molecule is CC(=O)NC(c1ccccn1)C1CCCN(C(=O)C2CC2)C1. The molecule has 2 aliphatic rings. The minimum absolute atomic E-state index is 0.0544. The van der Waals surface area contributed by atoms with Crippen LogP contribution in [0.3, 0.4) is 0 Å². The Balaban J connectivity index is 1.75. The molecule has 118 valence electrons. The molecule has 1 aromatic heterocycles. The van der Waals surface area contributed by atoms with E-state index in [9.17, 15) is 9.59 Å². The third-order valence-electron chi connectivity index (χ3n) is 4.53. The van der Waals surface area contributed by atoms with E-state index in [0.29, 0.717) is 5.91 Å². The third kappa shape index (κ3) is 3.46. The van der Waals surface area contributed by atoms with E-state index < -0.39 is 0 Å². The van der Waals surface area contributed by atoms with E-state index in [2.05, 4.69) is 10.3 Å². The van der Waals surface area contributed by atoms with Crippen molar-refractivity contribution < 1.29 is 9.59 Å². The van der Waals surface area contributed by atoms with E-state index >= 15 is 0 Å². The summed E-state index contributed by atoms with van der Waals surface area (Å²) in [5, 5.41) is 3.03. The average molecular weight is 301 g/mol. The van der Waals surface area contributed by atoms with Crippen LogP contribution in [0.4, 0.5) is 0 Å². The highest BCUT2D eigenvalue weighted by molar-refractivity contribution is 5.81. The number of nitrogens with zero attached hydrogens (tertiary/aromatic N) is 2. The predicted molar refractivity (Wildman–Crippen MR) is 82.8 cm³/mol. The van der Waals surface area contributed by atoms with Crippen molar-refractivity contribution in [3.8, 4) is 0 Å². The molecule has 1 N–H and O–H groups in total. The van der Waals surface area contributed by atoms with Crippen molar-refractivity contribution in [1.82, 2.24) is 15.2 Å². The van der Waals surface area contributed by atoms with Crippen molar-refractivity contribution >= 4 is 11.8 Å². The lowest BCUT2D eigenvalue weighted by Crippen LogP contribution is -2.45. The minimum Gasteiger partial charge on any atom is -0.348 e. The zero-order valence-corrected chi connectivity index (χ0v) is 13.0. The van der Waals surface area contributed by atoms with Crippen molar-refractivity contribution in [2.24, 2.45) is 11.8 Å². The zero-order valence-electron chi connectivity index (χ0n) is 13.0. The molecule has 2 fully saturated rings. The average Bonchev–Trinajstić information content (AvgIpc) is 3.37. The first kappa shape index (κ1) is 15.0. The van der Waals surface area contributed by atoms with Crippen LogP contribution in [0.25, 0.3) is 0 Å². The molecule has 2 unspecified atom stereocenters. The van der Waals surface area contributed by atoms with Gasteiger partial charge < -0.3 is 10.2 Å². The predicted octanol–water partition coefficient (Wildman–Crippen LogP) is 1.91. The van der Waals surface area contributed by atoms with E-state index in [4.69, 9.17) is 0 Å². The van der Waals surface area contributed by atoms with Gasteiger partial charge in [0.2, 0.25) is 11.8 Å². The summed E-state index contributed by atoms with van der Waals surface area (Å²) in [6.45, 7) is 3.10. The molecule has 2 atom stereocenters. The van der Waals surface area contributed by atoms with Crippen LogP contribution < -0.4 is 5.32 Å². The molecule has 2 heterocycles. The van der Waals surface area contributed by atoms with E-state index in [1.54, 1.807) is 6.20 Å². The van der Waals surface area contributed by atoms with Crippen molar-refractivity contribution in [3.05, 3.63) is 30.1 Å². The molecule has 5 heteroatoms. The summed E-state index contributed by atoms with van der Waals surface area (Å²) >= 11 is 0. The van der Waals surface area contributed by atoms with Gasteiger partial charge in [0.1, 0.15) is 0 Å². The fraction of sp³-hybridized carbons (Fsp3) is 0.588.